The van der Waals surface area contributed by atoms with Crippen LogP contribution in [0, 0.1) is 5.92 Å². The molecule has 0 spiro atoms. The molecule has 0 fully saturated rings. The summed E-state index contributed by atoms with van der Waals surface area (Å²) in [6, 6.07) is 15.0. The molecular formula is C25H31ClN2O2. The maximum atomic E-state index is 13.3. The highest BCUT2D eigenvalue weighted by Crippen LogP contribution is 2.26. The number of carbonyl (C=O) groups is 2. The van der Waals surface area contributed by atoms with E-state index in [1.54, 1.807) is 24.3 Å². The molecule has 2 aromatic carbocycles. The lowest BCUT2D eigenvalue weighted by molar-refractivity contribution is -0.121. The van der Waals surface area contributed by atoms with E-state index in [-0.39, 0.29) is 17.7 Å². The minimum atomic E-state index is -0.0715. The molecule has 0 unspecified atom stereocenters. The molecule has 3 rings (SSSR count). The van der Waals surface area contributed by atoms with E-state index in [9.17, 15) is 9.59 Å². The predicted octanol–water partition coefficient (Wildman–Crippen LogP) is 5.94. The van der Waals surface area contributed by atoms with Crippen molar-refractivity contribution in [3.63, 3.8) is 0 Å². The number of hydrogen-bond acceptors (Lipinski definition) is 2. The summed E-state index contributed by atoms with van der Waals surface area (Å²) in [4.78, 5) is 30.1. The molecule has 2 amide bonds. The molecule has 1 aliphatic heterocycles. The minimum Gasteiger partial charge on any atom is -0.334 e. The van der Waals surface area contributed by atoms with Crippen LogP contribution in [-0.2, 0) is 11.3 Å². The van der Waals surface area contributed by atoms with Crippen LogP contribution in [0.2, 0.25) is 5.02 Å². The Morgan fingerprint density at radius 1 is 0.867 bits per heavy atom. The third-order valence-corrected chi connectivity index (χ3v) is 5.84. The minimum absolute atomic E-state index is 0.000246. The van der Waals surface area contributed by atoms with Crippen LogP contribution in [0.4, 0.5) is 5.69 Å². The number of carbonyl (C=O) groups excluding carboxylic acids is 2. The van der Waals surface area contributed by atoms with Gasteiger partial charge in [-0.1, -0.05) is 62.9 Å². The number of para-hydroxylation sites is 1. The highest BCUT2D eigenvalue weighted by Gasteiger charge is 2.23. The second-order valence-electron chi connectivity index (χ2n) is 8.27. The molecule has 4 nitrogen and oxygen atoms in total. The Bertz CT molecular complexity index is 864. The van der Waals surface area contributed by atoms with Gasteiger partial charge in [0.05, 0.1) is 0 Å². The first-order chi connectivity index (χ1) is 14.5. The number of fused-ring (bicyclic) bond motifs is 1. The van der Waals surface area contributed by atoms with Crippen LogP contribution in [0.3, 0.4) is 0 Å². The monoisotopic (exact) mass is 426 g/mol. The van der Waals surface area contributed by atoms with Gasteiger partial charge in [-0.05, 0) is 48.7 Å². The van der Waals surface area contributed by atoms with E-state index in [2.05, 4.69) is 0 Å². The van der Waals surface area contributed by atoms with E-state index < -0.39 is 0 Å². The summed E-state index contributed by atoms with van der Waals surface area (Å²) >= 11 is 6.00. The third kappa shape index (κ3) is 5.63. The first-order valence-corrected chi connectivity index (χ1v) is 11.3. The Balaban J connectivity index is 1.95. The second-order valence-corrected chi connectivity index (χ2v) is 8.71. The fraction of sp³-hybridized carbons (Fsp3) is 0.440. The van der Waals surface area contributed by atoms with Gasteiger partial charge in [-0.3, -0.25) is 9.59 Å². The second kappa shape index (κ2) is 10.6. The van der Waals surface area contributed by atoms with Crippen LogP contribution in [-0.4, -0.2) is 29.8 Å². The van der Waals surface area contributed by atoms with Crippen molar-refractivity contribution in [2.45, 2.75) is 52.5 Å². The van der Waals surface area contributed by atoms with Crippen molar-refractivity contribution >= 4 is 29.1 Å². The molecule has 30 heavy (non-hydrogen) atoms. The zero-order valence-electron chi connectivity index (χ0n) is 17.9. The molecule has 0 saturated heterocycles. The smallest absolute Gasteiger partial charge is 0.254 e. The van der Waals surface area contributed by atoms with Crippen molar-refractivity contribution in [2.75, 3.05) is 18.0 Å². The van der Waals surface area contributed by atoms with Crippen LogP contribution in [0.15, 0.2) is 48.5 Å². The average Bonchev–Trinajstić information content (AvgIpc) is 2.74. The van der Waals surface area contributed by atoms with Gasteiger partial charge in [-0.15, -0.1) is 0 Å². The number of hydrogen-bond donors (Lipinski definition) is 0. The number of halogens is 1. The van der Waals surface area contributed by atoms with E-state index in [1.165, 1.54) is 0 Å². The quantitative estimate of drug-likeness (QED) is 0.596. The maximum Gasteiger partial charge on any atom is 0.254 e. The van der Waals surface area contributed by atoms with E-state index in [0.717, 1.165) is 49.9 Å². The molecule has 2 aromatic rings. The van der Waals surface area contributed by atoms with Crippen LogP contribution < -0.4 is 4.90 Å². The maximum absolute atomic E-state index is 13.3. The normalized spacial score (nSPS) is 15.9. The van der Waals surface area contributed by atoms with Gasteiger partial charge in [0, 0.05) is 41.8 Å². The van der Waals surface area contributed by atoms with Gasteiger partial charge in [-0.2, -0.15) is 0 Å². The number of amides is 2. The number of anilines is 1. The van der Waals surface area contributed by atoms with Crippen LogP contribution in [0.5, 0.6) is 0 Å². The molecule has 5 heteroatoms. The van der Waals surface area contributed by atoms with Gasteiger partial charge in [0.25, 0.3) is 5.91 Å². The highest BCUT2D eigenvalue weighted by atomic mass is 35.5. The fourth-order valence-corrected chi connectivity index (χ4v) is 4.03. The van der Waals surface area contributed by atoms with Crippen molar-refractivity contribution in [2.24, 2.45) is 5.92 Å². The molecule has 0 aromatic heterocycles. The molecule has 0 saturated carbocycles. The summed E-state index contributed by atoms with van der Waals surface area (Å²) < 4.78 is 0. The van der Waals surface area contributed by atoms with Gasteiger partial charge >= 0.3 is 0 Å². The molecule has 0 radical (unpaired) electrons. The van der Waals surface area contributed by atoms with Gasteiger partial charge < -0.3 is 9.80 Å². The van der Waals surface area contributed by atoms with Crippen LogP contribution >= 0.6 is 11.6 Å². The lowest BCUT2D eigenvalue weighted by Crippen LogP contribution is -2.37. The van der Waals surface area contributed by atoms with Crippen molar-refractivity contribution in [1.82, 2.24) is 4.90 Å². The Hall–Kier alpha value is -2.33. The van der Waals surface area contributed by atoms with Crippen molar-refractivity contribution in [3.05, 3.63) is 64.7 Å². The zero-order valence-corrected chi connectivity index (χ0v) is 18.7. The van der Waals surface area contributed by atoms with E-state index in [0.29, 0.717) is 23.7 Å². The topological polar surface area (TPSA) is 40.6 Å². The molecule has 0 N–H and O–H groups in total. The van der Waals surface area contributed by atoms with Gasteiger partial charge in [-0.25, -0.2) is 0 Å². The first kappa shape index (κ1) is 22.4. The van der Waals surface area contributed by atoms with Crippen molar-refractivity contribution in [1.29, 1.82) is 0 Å². The summed E-state index contributed by atoms with van der Waals surface area (Å²) in [7, 11) is 0. The first-order valence-electron chi connectivity index (χ1n) is 10.9. The lowest BCUT2D eigenvalue weighted by Gasteiger charge is -2.30. The Morgan fingerprint density at radius 2 is 1.50 bits per heavy atom. The van der Waals surface area contributed by atoms with Crippen molar-refractivity contribution in [3.8, 4) is 0 Å². The summed E-state index contributed by atoms with van der Waals surface area (Å²) in [6.45, 7) is 5.79. The van der Waals surface area contributed by atoms with Gasteiger partial charge in [0.15, 0.2) is 0 Å². The third-order valence-electron chi connectivity index (χ3n) is 5.59. The number of rotatable bonds is 2. The van der Waals surface area contributed by atoms with Crippen LogP contribution in [0.1, 0.15) is 61.9 Å². The summed E-state index contributed by atoms with van der Waals surface area (Å²) in [5.74, 6) is 0.0631. The average molecular weight is 427 g/mol. The summed E-state index contributed by atoms with van der Waals surface area (Å²) in [5.41, 5.74) is 2.57. The largest absolute Gasteiger partial charge is 0.334 e. The standard InChI is InChI=1S/C25H31ClN2O2/c1-19(2)24(29)28-17-9-5-3-4-8-16-27(18-21-10-6-7-11-23(21)28)25(30)20-12-14-22(26)15-13-20/h6-7,10-15,19H,3-5,8-9,16-18H2,1-2H3. The zero-order chi connectivity index (χ0) is 21.5. The molecule has 1 heterocycles. The van der Waals surface area contributed by atoms with E-state index in [4.69, 9.17) is 11.6 Å². The molecular weight excluding hydrogens is 396 g/mol. The fourth-order valence-electron chi connectivity index (χ4n) is 3.90. The Morgan fingerprint density at radius 3 is 2.20 bits per heavy atom. The molecule has 0 atom stereocenters. The lowest BCUT2D eigenvalue weighted by atomic mass is 10.0. The summed E-state index contributed by atoms with van der Waals surface area (Å²) in [5, 5.41) is 0.619. The highest BCUT2D eigenvalue weighted by molar-refractivity contribution is 6.30. The van der Waals surface area contributed by atoms with Crippen molar-refractivity contribution < 1.29 is 9.59 Å². The van der Waals surface area contributed by atoms with E-state index in [1.807, 2.05) is 47.9 Å². The Labute approximate surface area is 184 Å². The van der Waals surface area contributed by atoms with Crippen LogP contribution in [0.25, 0.3) is 0 Å². The predicted molar refractivity (Wildman–Crippen MR) is 123 cm³/mol. The SMILES string of the molecule is CC(C)C(=O)N1CCCCCCCN(C(=O)c2ccc(Cl)cc2)Cc2ccccc21. The van der Waals surface area contributed by atoms with Gasteiger partial charge in [0.1, 0.15) is 0 Å². The summed E-state index contributed by atoms with van der Waals surface area (Å²) in [6.07, 6.45) is 5.28. The number of nitrogens with zero attached hydrogens (tertiary/aromatic N) is 2. The van der Waals surface area contributed by atoms with E-state index >= 15 is 0 Å². The molecule has 1 aliphatic rings. The Kier molecular flexibility index (Phi) is 7.92. The molecule has 160 valence electrons. The molecule has 0 bridgehead atoms. The number of benzene rings is 2. The molecule has 0 aliphatic carbocycles. The van der Waals surface area contributed by atoms with Gasteiger partial charge in [0.2, 0.25) is 5.91 Å².